The van der Waals surface area contributed by atoms with Gasteiger partial charge in [-0.3, -0.25) is 9.59 Å². The minimum atomic E-state index is -0.419. The fourth-order valence-electron chi connectivity index (χ4n) is 3.17. The summed E-state index contributed by atoms with van der Waals surface area (Å²) in [7, 11) is 0. The van der Waals surface area contributed by atoms with Crippen molar-refractivity contribution in [2.24, 2.45) is 0 Å². The third-order valence-corrected chi connectivity index (χ3v) is 5.00. The molecule has 1 fully saturated rings. The second kappa shape index (κ2) is 6.64. The van der Waals surface area contributed by atoms with Crippen LogP contribution < -0.4 is 0 Å². The van der Waals surface area contributed by atoms with Gasteiger partial charge in [-0.15, -0.1) is 0 Å². The maximum Gasteiger partial charge on any atom is 0.256 e. The number of aromatic amines is 1. The summed E-state index contributed by atoms with van der Waals surface area (Å²) >= 11 is 6.13. The highest BCUT2D eigenvalue weighted by atomic mass is 35.5. The molecule has 3 rings (SSSR count). The van der Waals surface area contributed by atoms with Crippen molar-refractivity contribution in [3.63, 3.8) is 0 Å². The van der Waals surface area contributed by atoms with E-state index in [-0.39, 0.29) is 24.3 Å². The van der Waals surface area contributed by atoms with Crippen LogP contribution >= 0.6 is 11.6 Å². The molecule has 0 atom stereocenters. The Balaban J connectivity index is 1.97. The number of hydrogen-bond donors (Lipinski definition) is 1. The Hall–Kier alpha value is -2.14. The summed E-state index contributed by atoms with van der Waals surface area (Å²) in [6.45, 7) is 5.11. The maximum atomic E-state index is 14.2. The van der Waals surface area contributed by atoms with Crippen molar-refractivity contribution in [1.29, 1.82) is 0 Å². The first kappa shape index (κ1) is 17.7. The van der Waals surface area contributed by atoms with Crippen LogP contribution in [0.3, 0.4) is 0 Å². The lowest BCUT2D eigenvalue weighted by Crippen LogP contribution is -2.33. The molecule has 1 aliphatic carbocycles. The van der Waals surface area contributed by atoms with Gasteiger partial charge in [0, 0.05) is 29.2 Å². The van der Waals surface area contributed by atoms with Crippen molar-refractivity contribution in [2.45, 2.75) is 46.2 Å². The van der Waals surface area contributed by atoms with Crippen molar-refractivity contribution in [1.82, 2.24) is 9.88 Å². The lowest BCUT2D eigenvalue weighted by molar-refractivity contribution is 0.0727. The molecule has 2 aromatic rings. The normalized spacial score (nSPS) is 13.8. The number of benzene rings is 1. The average Bonchev–Trinajstić information content (AvgIpc) is 3.32. The van der Waals surface area contributed by atoms with Crippen molar-refractivity contribution in [3.05, 3.63) is 57.1 Å². The van der Waals surface area contributed by atoms with Crippen molar-refractivity contribution < 1.29 is 14.0 Å². The number of halogens is 2. The van der Waals surface area contributed by atoms with Crippen molar-refractivity contribution >= 4 is 23.3 Å². The van der Waals surface area contributed by atoms with E-state index >= 15 is 0 Å². The van der Waals surface area contributed by atoms with Gasteiger partial charge in [0.25, 0.3) is 5.91 Å². The summed E-state index contributed by atoms with van der Waals surface area (Å²) in [6.07, 6.45) is 1.78. The van der Waals surface area contributed by atoms with E-state index in [0.717, 1.165) is 12.8 Å². The number of amides is 1. The van der Waals surface area contributed by atoms with Gasteiger partial charge in [-0.1, -0.05) is 17.7 Å². The number of carbonyl (C=O) groups is 2. The van der Waals surface area contributed by atoms with Gasteiger partial charge in [0.1, 0.15) is 5.82 Å². The Bertz CT molecular complexity index is 835. The predicted molar refractivity (Wildman–Crippen MR) is 94.6 cm³/mol. The van der Waals surface area contributed by atoms with E-state index in [4.69, 9.17) is 11.6 Å². The van der Waals surface area contributed by atoms with E-state index in [0.29, 0.717) is 33.1 Å². The zero-order chi connectivity index (χ0) is 18.3. The van der Waals surface area contributed by atoms with Crippen LogP contribution in [0.1, 0.15) is 57.4 Å². The number of carbonyl (C=O) groups excluding carboxylic acids is 2. The first-order chi connectivity index (χ1) is 11.8. The highest BCUT2D eigenvalue weighted by Crippen LogP contribution is 2.33. The number of ketones is 1. The maximum absolute atomic E-state index is 14.2. The number of hydrogen-bond acceptors (Lipinski definition) is 2. The number of H-pyrrole nitrogens is 1. The molecule has 132 valence electrons. The summed E-state index contributed by atoms with van der Waals surface area (Å²) in [6, 6.07) is 4.59. The van der Waals surface area contributed by atoms with Crippen LogP contribution in [0.15, 0.2) is 18.2 Å². The van der Waals surface area contributed by atoms with E-state index in [1.165, 1.54) is 13.0 Å². The van der Waals surface area contributed by atoms with E-state index in [2.05, 4.69) is 4.98 Å². The molecule has 1 aliphatic rings. The van der Waals surface area contributed by atoms with Gasteiger partial charge in [-0.2, -0.15) is 0 Å². The predicted octanol–water partition coefficient (Wildman–Crippen LogP) is 4.43. The summed E-state index contributed by atoms with van der Waals surface area (Å²) in [5.41, 5.74) is 2.55. The molecule has 0 saturated heterocycles. The molecule has 0 spiro atoms. The molecule has 1 N–H and O–H groups in total. The Morgan fingerprint density at radius 1 is 1.32 bits per heavy atom. The van der Waals surface area contributed by atoms with Gasteiger partial charge < -0.3 is 9.88 Å². The molecule has 1 aromatic carbocycles. The smallest absolute Gasteiger partial charge is 0.256 e. The number of aryl methyl sites for hydroxylation is 1. The third-order valence-electron chi connectivity index (χ3n) is 4.64. The number of Topliss-reactive ketones (excluding diaryl/α,β-unsaturated/α-hetero) is 1. The summed E-state index contributed by atoms with van der Waals surface area (Å²) < 4.78 is 14.2. The Kier molecular flexibility index (Phi) is 4.69. The molecule has 1 saturated carbocycles. The van der Waals surface area contributed by atoms with E-state index in [1.807, 2.05) is 0 Å². The minimum absolute atomic E-state index is 0.0812. The zero-order valence-corrected chi connectivity index (χ0v) is 15.2. The Morgan fingerprint density at radius 2 is 2.00 bits per heavy atom. The van der Waals surface area contributed by atoms with Crippen LogP contribution in [0.25, 0.3) is 0 Å². The van der Waals surface area contributed by atoms with Crippen LogP contribution in [-0.4, -0.2) is 27.6 Å². The molecule has 1 aromatic heterocycles. The van der Waals surface area contributed by atoms with Crippen LogP contribution in [0.4, 0.5) is 4.39 Å². The van der Waals surface area contributed by atoms with E-state index < -0.39 is 5.82 Å². The molecule has 0 radical (unpaired) electrons. The van der Waals surface area contributed by atoms with Crippen LogP contribution in [0.2, 0.25) is 5.02 Å². The van der Waals surface area contributed by atoms with Gasteiger partial charge in [0.2, 0.25) is 0 Å². The number of rotatable bonds is 5. The van der Waals surface area contributed by atoms with Crippen molar-refractivity contribution in [2.75, 3.05) is 0 Å². The number of nitrogens with zero attached hydrogens (tertiary/aromatic N) is 1. The first-order valence-electron chi connectivity index (χ1n) is 8.25. The molecule has 0 bridgehead atoms. The molecule has 0 aliphatic heterocycles. The highest BCUT2D eigenvalue weighted by Gasteiger charge is 2.36. The van der Waals surface area contributed by atoms with Crippen LogP contribution in [-0.2, 0) is 6.54 Å². The fraction of sp³-hybridized carbons (Fsp3) is 0.368. The van der Waals surface area contributed by atoms with Gasteiger partial charge in [0.15, 0.2) is 5.78 Å². The molecule has 0 unspecified atom stereocenters. The molecular weight excluding hydrogens is 343 g/mol. The number of nitrogens with one attached hydrogen (secondary N) is 1. The summed E-state index contributed by atoms with van der Waals surface area (Å²) in [4.78, 5) is 29.5. The quantitative estimate of drug-likeness (QED) is 0.800. The van der Waals surface area contributed by atoms with Crippen molar-refractivity contribution in [3.8, 4) is 0 Å². The van der Waals surface area contributed by atoms with Gasteiger partial charge >= 0.3 is 0 Å². The molecule has 1 amide bonds. The van der Waals surface area contributed by atoms with Crippen LogP contribution in [0.5, 0.6) is 0 Å². The lowest BCUT2D eigenvalue weighted by Gasteiger charge is -2.24. The standard InChI is InChI=1S/C19H20ClFN2O2/c1-10-17(11(2)22-18(10)12(3)24)19(25)23(13-7-8-13)9-14-15(20)5-4-6-16(14)21/h4-6,13,22H,7-9H2,1-3H3. The average molecular weight is 363 g/mol. The second-order valence-corrected chi connectivity index (χ2v) is 6.95. The van der Waals surface area contributed by atoms with Gasteiger partial charge in [0.05, 0.1) is 17.8 Å². The monoisotopic (exact) mass is 362 g/mol. The fourth-order valence-corrected chi connectivity index (χ4v) is 3.40. The zero-order valence-electron chi connectivity index (χ0n) is 14.5. The molecule has 4 nitrogen and oxygen atoms in total. The summed E-state index contributed by atoms with van der Waals surface area (Å²) in [5.74, 6) is -0.728. The second-order valence-electron chi connectivity index (χ2n) is 6.55. The largest absolute Gasteiger partial charge is 0.355 e. The first-order valence-corrected chi connectivity index (χ1v) is 8.63. The van der Waals surface area contributed by atoms with Crippen LogP contribution in [0, 0.1) is 19.7 Å². The minimum Gasteiger partial charge on any atom is -0.355 e. The lowest BCUT2D eigenvalue weighted by atomic mass is 10.1. The van der Waals surface area contributed by atoms with Gasteiger partial charge in [-0.05, 0) is 44.4 Å². The topological polar surface area (TPSA) is 53.2 Å². The third kappa shape index (κ3) is 3.33. The van der Waals surface area contributed by atoms with E-state index in [1.54, 1.807) is 30.9 Å². The van der Waals surface area contributed by atoms with Gasteiger partial charge in [-0.25, -0.2) is 4.39 Å². The SMILES string of the molecule is CC(=O)c1[nH]c(C)c(C(=O)N(Cc2c(F)cccc2Cl)C2CC2)c1C. The summed E-state index contributed by atoms with van der Waals surface area (Å²) in [5, 5.41) is 0.311. The molecule has 25 heavy (non-hydrogen) atoms. The molecule has 6 heteroatoms. The Labute approximate surface area is 151 Å². The Morgan fingerprint density at radius 3 is 2.52 bits per heavy atom. The highest BCUT2D eigenvalue weighted by molar-refractivity contribution is 6.31. The molecular formula is C19H20ClFN2O2. The number of aromatic nitrogens is 1. The van der Waals surface area contributed by atoms with E-state index in [9.17, 15) is 14.0 Å². The molecule has 1 heterocycles.